The summed E-state index contributed by atoms with van der Waals surface area (Å²) < 4.78 is 10.1. The molecular formula is C16H18O3. The molecule has 0 saturated carbocycles. The molecule has 0 atom stereocenters. The van der Waals surface area contributed by atoms with Gasteiger partial charge in [-0.25, -0.2) is 0 Å². The van der Waals surface area contributed by atoms with E-state index in [-0.39, 0.29) is 12.6 Å². The monoisotopic (exact) mass is 258 g/mol. The second-order valence-electron chi connectivity index (χ2n) is 4.20. The Hall–Kier alpha value is -2.21. The maximum absolute atomic E-state index is 10.7. The first kappa shape index (κ1) is 14.8. The van der Waals surface area contributed by atoms with Gasteiger partial charge in [0.05, 0.1) is 7.11 Å². The van der Waals surface area contributed by atoms with Crippen molar-refractivity contribution in [1.82, 2.24) is 0 Å². The predicted molar refractivity (Wildman–Crippen MR) is 75.0 cm³/mol. The summed E-state index contributed by atoms with van der Waals surface area (Å²) in [7, 11) is 1.62. The third kappa shape index (κ3) is 4.89. The van der Waals surface area contributed by atoms with Crippen molar-refractivity contribution in [3.63, 3.8) is 0 Å². The lowest BCUT2D eigenvalue weighted by Crippen LogP contribution is -2.04. The van der Waals surface area contributed by atoms with Gasteiger partial charge in [0.2, 0.25) is 0 Å². The Kier molecular flexibility index (Phi) is 5.69. The van der Waals surface area contributed by atoms with E-state index in [1.54, 1.807) is 7.11 Å². The highest BCUT2D eigenvalue weighted by Gasteiger charge is 2.05. The fraction of sp³-hybridized carbons (Fsp3) is 0.312. The topological polar surface area (TPSA) is 35.5 Å². The minimum Gasteiger partial charge on any atom is -0.497 e. The van der Waals surface area contributed by atoms with Crippen LogP contribution in [0.5, 0.6) is 5.75 Å². The van der Waals surface area contributed by atoms with Crippen molar-refractivity contribution in [3.05, 3.63) is 41.5 Å². The van der Waals surface area contributed by atoms with E-state index in [1.807, 2.05) is 18.2 Å². The van der Waals surface area contributed by atoms with Crippen LogP contribution in [0.15, 0.2) is 30.4 Å². The molecule has 0 aliphatic heterocycles. The highest BCUT2D eigenvalue weighted by Crippen LogP contribution is 2.19. The van der Waals surface area contributed by atoms with Gasteiger partial charge in [-0.05, 0) is 42.2 Å². The van der Waals surface area contributed by atoms with Crippen LogP contribution in [0.3, 0.4) is 0 Å². The molecule has 0 heterocycles. The van der Waals surface area contributed by atoms with Crippen molar-refractivity contribution < 1.29 is 14.3 Å². The minimum absolute atomic E-state index is 0.255. The molecule has 0 saturated heterocycles. The van der Waals surface area contributed by atoms with E-state index < -0.39 is 0 Å². The van der Waals surface area contributed by atoms with E-state index in [0.717, 1.165) is 35.3 Å². The highest BCUT2D eigenvalue weighted by atomic mass is 16.5. The molecule has 0 aliphatic rings. The Morgan fingerprint density at radius 3 is 2.79 bits per heavy atom. The lowest BCUT2D eigenvalue weighted by Gasteiger charge is -2.09. The zero-order chi connectivity index (χ0) is 14.3. The SMILES string of the molecule is C#Cc1ccc(OC)cc1CCC(=C)COC(C)=O. The fourth-order valence-electron chi connectivity index (χ4n) is 1.63. The van der Waals surface area contributed by atoms with Crippen LogP contribution in [0.1, 0.15) is 24.5 Å². The fourth-order valence-corrected chi connectivity index (χ4v) is 1.63. The Morgan fingerprint density at radius 2 is 2.21 bits per heavy atom. The van der Waals surface area contributed by atoms with Gasteiger partial charge >= 0.3 is 5.97 Å². The molecule has 0 spiro atoms. The molecule has 0 amide bonds. The van der Waals surface area contributed by atoms with Crippen molar-refractivity contribution in [3.8, 4) is 18.1 Å². The third-order valence-corrected chi connectivity index (χ3v) is 2.70. The van der Waals surface area contributed by atoms with Crippen LogP contribution in [0.2, 0.25) is 0 Å². The second-order valence-corrected chi connectivity index (χ2v) is 4.20. The number of carbonyl (C=O) groups is 1. The number of ether oxygens (including phenoxy) is 2. The van der Waals surface area contributed by atoms with Gasteiger partial charge in [-0.1, -0.05) is 12.5 Å². The van der Waals surface area contributed by atoms with Gasteiger partial charge in [0.1, 0.15) is 12.4 Å². The Bertz CT molecular complexity index is 509. The maximum Gasteiger partial charge on any atom is 0.302 e. The van der Waals surface area contributed by atoms with Crippen molar-refractivity contribution >= 4 is 5.97 Å². The van der Waals surface area contributed by atoms with Crippen LogP contribution in [-0.4, -0.2) is 19.7 Å². The molecule has 0 bridgehead atoms. The summed E-state index contributed by atoms with van der Waals surface area (Å²) in [6.45, 7) is 5.52. The van der Waals surface area contributed by atoms with Crippen molar-refractivity contribution in [1.29, 1.82) is 0 Å². The number of methoxy groups -OCH3 is 1. The van der Waals surface area contributed by atoms with Crippen LogP contribution in [0.4, 0.5) is 0 Å². The molecule has 0 aromatic heterocycles. The number of hydrogen-bond donors (Lipinski definition) is 0. The van der Waals surface area contributed by atoms with Gasteiger partial charge < -0.3 is 9.47 Å². The summed E-state index contributed by atoms with van der Waals surface area (Å²) in [5.74, 6) is 3.13. The van der Waals surface area contributed by atoms with Gasteiger partial charge in [0, 0.05) is 12.5 Å². The Balaban J connectivity index is 2.64. The van der Waals surface area contributed by atoms with Crippen molar-refractivity contribution in [2.75, 3.05) is 13.7 Å². The first-order valence-corrected chi connectivity index (χ1v) is 6.00. The summed E-state index contributed by atoms with van der Waals surface area (Å²) in [4.78, 5) is 10.7. The van der Waals surface area contributed by atoms with E-state index >= 15 is 0 Å². The molecule has 19 heavy (non-hydrogen) atoms. The number of rotatable bonds is 6. The first-order valence-electron chi connectivity index (χ1n) is 6.00. The molecule has 0 unspecified atom stereocenters. The normalized spacial score (nSPS) is 9.53. The molecular weight excluding hydrogens is 240 g/mol. The lowest BCUT2D eigenvalue weighted by atomic mass is 10.0. The molecule has 0 N–H and O–H groups in total. The summed E-state index contributed by atoms with van der Waals surface area (Å²) in [5.41, 5.74) is 2.74. The first-order chi connectivity index (χ1) is 9.06. The lowest BCUT2D eigenvalue weighted by molar-refractivity contribution is -0.140. The van der Waals surface area contributed by atoms with Gasteiger partial charge in [0.25, 0.3) is 0 Å². The summed E-state index contributed by atoms with van der Waals surface area (Å²) in [6, 6.07) is 5.63. The maximum atomic E-state index is 10.7. The van der Waals surface area contributed by atoms with Gasteiger partial charge in [0.15, 0.2) is 0 Å². The molecule has 3 nitrogen and oxygen atoms in total. The van der Waals surface area contributed by atoms with Crippen LogP contribution in [0, 0.1) is 12.3 Å². The largest absolute Gasteiger partial charge is 0.497 e. The Morgan fingerprint density at radius 1 is 1.47 bits per heavy atom. The zero-order valence-corrected chi connectivity index (χ0v) is 11.4. The molecule has 0 fully saturated rings. The number of hydrogen-bond acceptors (Lipinski definition) is 3. The third-order valence-electron chi connectivity index (χ3n) is 2.70. The molecule has 1 aromatic carbocycles. The number of carbonyl (C=O) groups excluding carboxylic acids is 1. The molecule has 1 aromatic rings. The quantitative estimate of drug-likeness (QED) is 0.447. The van der Waals surface area contributed by atoms with Crippen LogP contribution in [0.25, 0.3) is 0 Å². The average Bonchev–Trinajstić information content (AvgIpc) is 2.42. The summed E-state index contributed by atoms with van der Waals surface area (Å²) in [5, 5.41) is 0. The van der Waals surface area contributed by atoms with Gasteiger partial charge in [-0.15, -0.1) is 6.42 Å². The second kappa shape index (κ2) is 7.27. The number of esters is 1. The molecule has 1 rings (SSSR count). The highest BCUT2D eigenvalue weighted by molar-refractivity contribution is 5.66. The van der Waals surface area contributed by atoms with E-state index in [0.29, 0.717) is 0 Å². The zero-order valence-electron chi connectivity index (χ0n) is 11.4. The average molecular weight is 258 g/mol. The Labute approximate surface area is 114 Å². The van der Waals surface area contributed by atoms with E-state index in [4.69, 9.17) is 15.9 Å². The molecule has 0 aliphatic carbocycles. The molecule has 0 radical (unpaired) electrons. The summed E-state index contributed by atoms with van der Waals surface area (Å²) in [6.07, 6.45) is 6.93. The van der Waals surface area contributed by atoms with Crippen LogP contribution >= 0.6 is 0 Å². The van der Waals surface area contributed by atoms with E-state index in [2.05, 4.69) is 12.5 Å². The van der Waals surface area contributed by atoms with Crippen molar-refractivity contribution in [2.45, 2.75) is 19.8 Å². The number of terminal acetylenes is 1. The summed E-state index contributed by atoms with van der Waals surface area (Å²) >= 11 is 0. The number of aryl methyl sites for hydroxylation is 1. The smallest absolute Gasteiger partial charge is 0.302 e. The minimum atomic E-state index is -0.299. The van der Waals surface area contributed by atoms with Gasteiger partial charge in [-0.3, -0.25) is 4.79 Å². The molecule has 100 valence electrons. The number of benzene rings is 1. The van der Waals surface area contributed by atoms with E-state index in [1.165, 1.54) is 6.92 Å². The van der Waals surface area contributed by atoms with Crippen LogP contribution in [-0.2, 0) is 16.0 Å². The standard InChI is InChI=1S/C16H18O3/c1-5-14-8-9-16(18-4)10-15(14)7-6-12(2)11-19-13(3)17/h1,8-10H,2,6-7,11H2,3-4H3. The van der Waals surface area contributed by atoms with Gasteiger partial charge in [-0.2, -0.15) is 0 Å². The van der Waals surface area contributed by atoms with Crippen LogP contribution < -0.4 is 4.74 Å². The van der Waals surface area contributed by atoms with E-state index in [9.17, 15) is 4.79 Å². The predicted octanol–water partition coefficient (Wildman–Crippen LogP) is 2.73. The van der Waals surface area contributed by atoms with Crippen molar-refractivity contribution in [2.24, 2.45) is 0 Å². The molecule has 3 heteroatoms.